The van der Waals surface area contributed by atoms with Crippen LogP contribution in [0, 0.1) is 0 Å². The van der Waals surface area contributed by atoms with E-state index < -0.39 is 0 Å². The predicted molar refractivity (Wildman–Crippen MR) is 64.0 cm³/mol. The van der Waals surface area contributed by atoms with Gasteiger partial charge >= 0.3 is 0 Å². The molecule has 1 aromatic rings. The van der Waals surface area contributed by atoms with Gasteiger partial charge in [-0.05, 0) is 18.4 Å². The zero-order chi connectivity index (χ0) is 11.1. The topological polar surface area (TPSA) is 35.2 Å². The van der Waals surface area contributed by atoms with Crippen LogP contribution in [0.3, 0.4) is 0 Å². The zero-order valence-electron chi connectivity index (χ0n) is 9.33. The van der Waals surface area contributed by atoms with E-state index in [0.29, 0.717) is 6.54 Å². The van der Waals surface area contributed by atoms with E-state index in [9.17, 15) is 0 Å². The Morgan fingerprint density at radius 1 is 1.40 bits per heavy atom. The first kappa shape index (κ1) is 11.8. The lowest BCUT2D eigenvalue weighted by Crippen LogP contribution is -2.05. The Morgan fingerprint density at radius 3 is 2.73 bits per heavy atom. The Balaban J connectivity index is 2.96. The maximum Gasteiger partial charge on any atom is 0.127 e. The molecule has 2 nitrogen and oxygen atoms in total. The fraction of sp³-hybridized carbons (Fsp3) is 0.385. The summed E-state index contributed by atoms with van der Waals surface area (Å²) in [7, 11) is 0. The van der Waals surface area contributed by atoms with E-state index in [1.807, 2.05) is 18.2 Å². The molecular formula is C13H19NO. The van der Waals surface area contributed by atoms with Crippen LogP contribution in [-0.4, -0.2) is 6.61 Å². The van der Waals surface area contributed by atoms with Crippen molar-refractivity contribution in [1.29, 1.82) is 0 Å². The minimum absolute atomic E-state index is 0.518. The number of benzene rings is 1. The zero-order valence-corrected chi connectivity index (χ0v) is 9.33. The van der Waals surface area contributed by atoms with Crippen LogP contribution < -0.4 is 10.5 Å². The number of hydrogen-bond donors (Lipinski definition) is 1. The molecule has 0 saturated carbocycles. The van der Waals surface area contributed by atoms with Gasteiger partial charge in [0.05, 0.1) is 6.61 Å². The number of allylic oxidation sites excluding steroid dienone is 1. The molecule has 0 aliphatic carbocycles. The van der Waals surface area contributed by atoms with Crippen molar-refractivity contribution >= 4 is 0 Å². The minimum Gasteiger partial charge on any atom is -0.493 e. The van der Waals surface area contributed by atoms with Crippen molar-refractivity contribution in [2.45, 2.75) is 26.3 Å². The molecule has 0 amide bonds. The summed E-state index contributed by atoms with van der Waals surface area (Å²) in [5.74, 6) is 0.946. The normalized spacial score (nSPS) is 10.0. The third-order valence-electron chi connectivity index (χ3n) is 2.21. The average Bonchev–Trinajstić information content (AvgIpc) is 2.27. The molecule has 0 aliphatic heterocycles. The Labute approximate surface area is 91.7 Å². The maximum absolute atomic E-state index is 5.73. The Morgan fingerprint density at radius 2 is 2.13 bits per heavy atom. The lowest BCUT2D eigenvalue weighted by atomic mass is 10.1. The van der Waals surface area contributed by atoms with Gasteiger partial charge in [0.15, 0.2) is 0 Å². The monoisotopic (exact) mass is 205 g/mol. The second-order valence-electron chi connectivity index (χ2n) is 3.45. The molecule has 0 fully saturated rings. The highest BCUT2D eigenvalue weighted by Crippen LogP contribution is 2.24. The van der Waals surface area contributed by atoms with Crippen molar-refractivity contribution < 1.29 is 4.74 Å². The number of ether oxygens (including phenoxy) is 1. The molecular weight excluding hydrogens is 186 g/mol. The molecule has 15 heavy (non-hydrogen) atoms. The molecule has 0 aliphatic rings. The highest BCUT2D eigenvalue weighted by atomic mass is 16.5. The first-order valence-electron chi connectivity index (χ1n) is 5.38. The lowest BCUT2D eigenvalue weighted by molar-refractivity contribution is 0.311. The van der Waals surface area contributed by atoms with Crippen LogP contribution in [0.5, 0.6) is 5.75 Å². The van der Waals surface area contributed by atoms with Gasteiger partial charge in [0.25, 0.3) is 0 Å². The van der Waals surface area contributed by atoms with Gasteiger partial charge in [0, 0.05) is 12.1 Å². The molecule has 0 heterocycles. The van der Waals surface area contributed by atoms with E-state index in [0.717, 1.165) is 30.8 Å². The van der Waals surface area contributed by atoms with E-state index in [4.69, 9.17) is 10.5 Å². The fourth-order valence-electron chi connectivity index (χ4n) is 1.50. The van der Waals surface area contributed by atoms with E-state index in [-0.39, 0.29) is 0 Å². The summed E-state index contributed by atoms with van der Waals surface area (Å²) in [6.45, 7) is 7.10. The van der Waals surface area contributed by atoms with Crippen LogP contribution in [-0.2, 0) is 13.0 Å². The van der Waals surface area contributed by atoms with Crippen LogP contribution in [0.2, 0.25) is 0 Å². The van der Waals surface area contributed by atoms with Crippen molar-refractivity contribution in [1.82, 2.24) is 0 Å². The largest absolute Gasteiger partial charge is 0.493 e. The third kappa shape index (κ3) is 3.10. The molecule has 82 valence electrons. The van der Waals surface area contributed by atoms with Crippen molar-refractivity contribution in [2.24, 2.45) is 5.73 Å². The number of para-hydroxylation sites is 1. The van der Waals surface area contributed by atoms with Crippen LogP contribution in [0.4, 0.5) is 0 Å². The molecule has 1 rings (SSSR count). The van der Waals surface area contributed by atoms with Gasteiger partial charge in [-0.15, -0.1) is 6.58 Å². The summed E-state index contributed by atoms with van der Waals surface area (Å²) in [5.41, 5.74) is 7.92. The molecule has 0 aromatic heterocycles. The Bertz CT molecular complexity index is 320. The van der Waals surface area contributed by atoms with Crippen molar-refractivity contribution in [3.05, 3.63) is 42.0 Å². The van der Waals surface area contributed by atoms with Crippen LogP contribution in [0.15, 0.2) is 30.9 Å². The Kier molecular flexibility index (Phi) is 4.91. The van der Waals surface area contributed by atoms with Crippen molar-refractivity contribution in [2.75, 3.05) is 6.61 Å². The third-order valence-corrected chi connectivity index (χ3v) is 2.21. The molecule has 0 bridgehead atoms. The predicted octanol–water partition coefficient (Wildman–Crippen LogP) is 2.66. The summed E-state index contributed by atoms with van der Waals surface area (Å²) in [5, 5.41) is 0. The Hall–Kier alpha value is -1.28. The van der Waals surface area contributed by atoms with E-state index in [2.05, 4.69) is 19.6 Å². The number of rotatable bonds is 6. The molecule has 0 spiro atoms. The SMILES string of the molecule is C=CCc1cccc(CN)c1OCCC. The second kappa shape index (κ2) is 6.25. The number of hydrogen-bond acceptors (Lipinski definition) is 2. The van der Waals surface area contributed by atoms with Gasteiger partial charge in [-0.25, -0.2) is 0 Å². The first-order chi connectivity index (χ1) is 7.33. The molecule has 1 aromatic carbocycles. The number of nitrogens with two attached hydrogens (primary N) is 1. The lowest BCUT2D eigenvalue weighted by Gasteiger charge is -2.13. The molecule has 2 N–H and O–H groups in total. The van der Waals surface area contributed by atoms with Crippen LogP contribution in [0.1, 0.15) is 24.5 Å². The van der Waals surface area contributed by atoms with Crippen LogP contribution >= 0.6 is 0 Å². The highest BCUT2D eigenvalue weighted by molar-refractivity contribution is 5.42. The van der Waals surface area contributed by atoms with Crippen molar-refractivity contribution in [3.63, 3.8) is 0 Å². The molecule has 0 radical (unpaired) electrons. The molecule has 2 heteroatoms. The highest BCUT2D eigenvalue weighted by Gasteiger charge is 2.06. The quantitative estimate of drug-likeness (QED) is 0.725. The van der Waals surface area contributed by atoms with Gasteiger partial charge < -0.3 is 10.5 Å². The second-order valence-corrected chi connectivity index (χ2v) is 3.45. The van der Waals surface area contributed by atoms with Gasteiger partial charge in [0.2, 0.25) is 0 Å². The van der Waals surface area contributed by atoms with E-state index >= 15 is 0 Å². The summed E-state index contributed by atoms with van der Waals surface area (Å²) in [4.78, 5) is 0. The van der Waals surface area contributed by atoms with Crippen LogP contribution in [0.25, 0.3) is 0 Å². The smallest absolute Gasteiger partial charge is 0.127 e. The summed E-state index contributed by atoms with van der Waals surface area (Å²) in [6.07, 6.45) is 3.72. The van der Waals surface area contributed by atoms with E-state index in [1.54, 1.807) is 0 Å². The summed E-state index contributed by atoms with van der Waals surface area (Å²) in [6, 6.07) is 6.09. The minimum atomic E-state index is 0.518. The standard InChI is InChI=1S/C13H19NO/c1-3-6-11-7-5-8-12(10-14)13(11)15-9-4-2/h3,5,7-8H,1,4,6,9-10,14H2,2H3. The maximum atomic E-state index is 5.73. The van der Waals surface area contributed by atoms with Gasteiger partial charge in [-0.3, -0.25) is 0 Å². The molecule has 0 atom stereocenters. The van der Waals surface area contributed by atoms with Gasteiger partial charge in [-0.1, -0.05) is 31.2 Å². The van der Waals surface area contributed by atoms with E-state index in [1.165, 1.54) is 5.56 Å². The van der Waals surface area contributed by atoms with Crippen molar-refractivity contribution in [3.8, 4) is 5.75 Å². The fourth-order valence-corrected chi connectivity index (χ4v) is 1.50. The average molecular weight is 205 g/mol. The summed E-state index contributed by atoms with van der Waals surface area (Å²) >= 11 is 0. The molecule has 0 saturated heterocycles. The first-order valence-corrected chi connectivity index (χ1v) is 5.38. The van der Waals surface area contributed by atoms with Gasteiger partial charge in [0.1, 0.15) is 5.75 Å². The summed E-state index contributed by atoms with van der Waals surface area (Å²) < 4.78 is 5.73. The molecule has 0 unspecified atom stereocenters. The van der Waals surface area contributed by atoms with Gasteiger partial charge in [-0.2, -0.15) is 0 Å².